The quantitative estimate of drug-likeness (QED) is 0.861. The number of carbonyl (C=O) groups is 2. The summed E-state index contributed by atoms with van der Waals surface area (Å²) in [4.78, 5) is 26.0. The Balaban J connectivity index is 1.90. The van der Waals surface area contributed by atoms with Gasteiger partial charge in [0.05, 0.1) is 0 Å². The zero-order valence-electron chi connectivity index (χ0n) is 15.7. The summed E-state index contributed by atoms with van der Waals surface area (Å²) in [7, 11) is 0. The van der Waals surface area contributed by atoms with E-state index in [4.69, 9.17) is 4.74 Å². The molecule has 2 amide bonds. The van der Waals surface area contributed by atoms with Crippen molar-refractivity contribution in [2.24, 2.45) is 0 Å². The minimum absolute atomic E-state index is 0.0128. The molecule has 1 aromatic rings. The number of hydrogen-bond donors (Lipinski definition) is 1. The normalized spacial score (nSPS) is 16.6. The van der Waals surface area contributed by atoms with Gasteiger partial charge in [0, 0.05) is 25.6 Å². The number of ether oxygens (including phenoxy) is 1. The molecule has 1 heterocycles. The highest BCUT2D eigenvalue weighted by atomic mass is 16.5. The van der Waals surface area contributed by atoms with Gasteiger partial charge in [-0.1, -0.05) is 39.0 Å². The van der Waals surface area contributed by atoms with Gasteiger partial charge in [0.25, 0.3) is 5.91 Å². The number of carbonyl (C=O) groups excluding carboxylic acids is 2. The van der Waals surface area contributed by atoms with Crippen LogP contribution in [0.3, 0.4) is 0 Å². The van der Waals surface area contributed by atoms with Crippen LogP contribution in [0.4, 0.5) is 0 Å². The van der Waals surface area contributed by atoms with Gasteiger partial charge in [0.1, 0.15) is 5.75 Å². The number of para-hydroxylation sites is 1. The van der Waals surface area contributed by atoms with Crippen molar-refractivity contribution in [1.29, 1.82) is 0 Å². The van der Waals surface area contributed by atoms with E-state index in [1.54, 1.807) is 0 Å². The van der Waals surface area contributed by atoms with Gasteiger partial charge >= 0.3 is 0 Å². The summed E-state index contributed by atoms with van der Waals surface area (Å²) in [5, 5.41) is 3.01. The predicted octanol–water partition coefficient (Wildman–Crippen LogP) is 3.09. The monoisotopic (exact) mass is 346 g/mol. The van der Waals surface area contributed by atoms with Crippen molar-refractivity contribution < 1.29 is 14.3 Å². The third kappa shape index (κ3) is 5.21. The van der Waals surface area contributed by atoms with E-state index >= 15 is 0 Å². The SMILES string of the molecule is CCC(=O)NC1CCN(C(=O)C(C)Oc2ccccc2C(C)C)CC1. The Kier molecular flexibility index (Phi) is 6.85. The van der Waals surface area contributed by atoms with Gasteiger partial charge in [-0.25, -0.2) is 0 Å². The first-order valence-corrected chi connectivity index (χ1v) is 9.26. The lowest BCUT2D eigenvalue weighted by Crippen LogP contribution is -2.49. The summed E-state index contributed by atoms with van der Waals surface area (Å²) in [5.41, 5.74) is 1.11. The maximum Gasteiger partial charge on any atom is 0.263 e. The molecule has 0 aromatic heterocycles. The summed E-state index contributed by atoms with van der Waals surface area (Å²) in [5.74, 6) is 1.21. The Hall–Kier alpha value is -2.04. The maximum atomic E-state index is 12.7. The molecular formula is C20H30N2O3. The molecule has 0 radical (unpaired) electrons. The Morgan fingerprint density at radius 3 is 2.44 bits per heavy atom. The highest BCUT2D eigenvalue weighted by Crippen LogP contribution is 2.27. The molecule has 1 fully saturated rings. The van der Waals surface area contributed by atoms with E-state index in [0.717, 1.165) is 24.2 Å². The average molecular weight is 346 g/mol. The summed E-state index contributed by atoms with van der Waals surface area (Å²) < 4.78 is 5.97. The molecule has 1 aromatic carbocycles. The number of piperidine rings is 1. The molecule has 0 saturated carbocycles. The lowest BCUT2D eigenvalue weighted by atomic mass is 10.0. The van der Waals surface area contributed by atoms with Gasteiger partial charge < -0.3 is 15.0 Å². The second-order valence-electron chi connectivity index (χ2n) is 6.97. The smallest absolute Gasteiger partial charge is 0.263 e. The minimum atomic E-state index is -0.512. The molecule has 1 N–H and O–H groups in total. The van der Waals surface area contributed by atoms with Gasteiger partial charge in [-0.2, -0.15) is 0 Å². The van der Waals surface area contributed by atoms with Gasteiger partial charge in [0.2, 0.25) is 5.91 Å². The van der Waals surface area contributed by atoms with Crippen LogP contribution in [-0.4, -0.2) is 41.9 Å². The third-order valence-corrected chi connectivity index (χ3v) is 4.69. The minimum Gasteiger partial charge on any atom is -0.481 e. The van der Waals surface area contributed by atoms with Crippen LogP contribution in [0.5, 0.6) is 5.75 Å². The first-order valence-electron chi connectivity index (χ1n) is 9.26. The van der Waals surface area contributed by atoms with Gasteiger partial charge in [-0.3, -0.25) is 9.59 Å². The second-order valence-corrected chi connectivity index (χ2v) is 6.97. The lowest BCUT2D eigenvalue weighted by Gasteiger charge is -2.34. The molecule has 2 rings (SSSR count). The molecule has 1 aliphatic rings. The van der Waals surface area contributed by atoms with Crippen LogP contribution in [0.25, 0.3) is 0 Å². The highest BCUT2D eigenvalue weighted by Gasteiger charge is 2.28. The van der Waals surface area contributed by atoms with Crippen molar-refractivity contribution in [3.05, 3.63) is 29.8 Å². The molecule has 25 heavy (non-hydrogen) atoms. The molecule has 1 saturated heterocycles. The lowest BCUT2D eigenvalue weighted by molar-refractivity contribution is -0.139. The number of benzene rings is 1. The first kappa shape index (κ1) is 19.3. The number of rotatable bonds is 6. The molecule has 5 nitrogen and oxygen atoms in total. The number of amides is 2. The van der Waals surface area contributed by atoms with Gasteiger partial charge in [-0.05, 0) is 37.3 Å². The van der Waals surface area contributed by atoms with Crippen molar-refractivity contribution in [3.63, 3.8) is 0 Å². The zero-order valence-corrected chi connectivity index (χ0v) is 15.7. The number of nitrogens with one attached hydrogen (secondary N) is 1. The molecule has 1 aliphatic heterocycles. The fourth-order valence-corrected chi connectivity index (χ4v) is 3.14. The fraction of sp³-hybridized carbons (Fsp3) is 0.600. The summed E-state index contributed by atoms with van der Waals surface area (Å²) in [6, 6.07) is 8.06. The van der Waals surface area contributed by atoms with E-state index in [9.17, 15) is 9.59 Å². The average Bonchev–Trinajstić information content (AvgIpc) is 2.61. The molecule has 1 unspecified atom stereocenters. The Morgan fingerprint density at radius 2 is 1.84 bits per heavy atom. The Bertz CT molecular complexity index is 592. The fourth-order valence-electron chi connectivity index (χ4n) is 3.14. The van der Waals surface area contributed by atoms with E-state index in [-0.39, 0.29) is 17.9 Å². The summed E-state index contributed by atoms with van der Waals surface area (Å²) in [6.45, 7) is 9.21. The Morgan fingerprint density at radius 1 is 1.20 bits per heavy atom. The standard InChI is InChI=1S/C20H30N2O3/c1-5-19(23)21-16-10-12-22(13-11-16)20(24)15(4)25-18-9-7-6-8-17(18)14(2)3/h6-9,14-16H,5,10-13H2,1-4H3,(H,21,23). The zero-order chi connectivity index (χ0) is 18.4. The summed E-state index contributed by atoms with van der Waals surface area (Å²) in [6.07, 6.45) is 1.58. The maximum absolute atomic E-state index is 12.7. The number of nitrogens with zero attached hydrogens (tertiary/aromatic N) is 1. The van der Waals surface area contributed by atoms with Crippen LogP contribution in [0.1, 0.15) is 58.4 Å². The van der Waals surface area contributed by atoms with E-state index in [2.05, 4.69) is 19.2 Å². The van der Waals surface area contributed by atoms with Crippen LogP contribution in [-0.2, 0) is 9.59 Å². The largest absolute Gasteiger partial charge is 0.481 e. The van der Waals surface area contributed by atoms with E-state index in [1.807, 2.05) is 43.0 Å². The first-order chi connectivity index (χ1) is 11.9. The molecule has 0 aliphatic carbocycles. The Labute approximate surface area is 150 Å². The van der Waals surface area contributed by atoms with Crippen LogP contribution in [0.15, 0.2) is 24.3 Å². The van der Waals surface area contributed by atoms with E-state index < -0.39 is 6.10 Å². The van der Waals surface area contributed by atoms with Crippen molar-refractivity contribution in [3.8, 4) is 5.75 Å². The van der Waals surface area contributed by atoms with Crippen molar-refractivity contribution in [1.82, 2.24) is 10.2 Å². The second kappa shape index (κ2) is 8.88. The topological polar surface area (TPSA) is 58.6 Å². The molecule has 0 bridgehead atoms. The predicted molar refractivity (Wildman–Crippen MR) is 98.7 cm³/mol. The third-order valence-electron chi connectivity index (χ3n) is 4.69. The number of likely N-dealkylation sites (tertiary alicyclic amines) is 1. The van der Waals surface area contributed by atoms with Crippen molar-refractivity contribution in [2.75, 3.05) is 13.1 Å². The molecule has 5 heteroatoms. The highest BCUT2D eigenvalue weighted by molar-refractivity contribution is 5.81. The van der Waals surface area contributed by atoms with E-state index in [0.29, 0.717) is 25.4 Å². The summed E-state index contributed by atoms with van der Waals surface area (Å²) >= 11 is 0. The van der Waals surface area contributed by atoms with Crippen LogP contribution >= 0.6 is 0 Å². The number of hydrogen-bond acceptors (Lipinski definition) is 3. The van der Waals surface area contributed by atoms with Crippen LogP contribution in [0.2, 0.25) is 0 Å². The molecular weight excluding hydrogens is 316 g/mol. The molecule has 0 spiro atoms. The van der Waals surface area contributed by atoms with Gasteiger partial charge in [-0.15, -0.1) is 0 Å². The van der Waals surface area contributed by atoms with Crippen molar-refractivity contribution >= 4 is 11.8 Å². The molecule has 138 valence electrons. The van der Waals surface area contributed by atoms with Crippen molar-refractivity contribution in [2.45, 2.75) is 65.0 Å². The van der Waals surface area contributed by atoms with Gasteiger partial charge in [0.15, 0.2) is 6.10 Å². The van der Waals surface area contributed by atoms with Crippen LogP contribution in [0, 0.1) is 0 Å². The van der Waals surface area contributed by atoms with Crippen LogP contribution < -0.4 is 10.1 Å². The molecule has 1 atom stereocenters. The van der Waals surface area contributed by atoms with E-state index in [1.165, 1.54) is 0 Å².